The van der Waals surface area contributed by atoms with Gasteiger partial charge in [-0.25, -0.2) is 9.59 Å². The molecule has 7 nitrogen and oxygen atoms in total. The maximum atomic E-state index is 11.9. The highest BCUT2D eigenvalue weighted by Crippen LogP contribution is 2.20. The summed E-state index contributed by atoms with van der Waals surface area (Å²) < 4.78 is 9.63. The molecule has 0 aliphatic rings. The Morgan fingerprint density at radius 1 is 0.769 bits per heavy atom. The molecule has 0 aliphatic heterocycles. The van der Waals surface area contributed by atoms with Gasteiger partial charge >= 0.3 is 11.9 Å². The first kappa shape index (κ1) is 19.0. The van der Waals surface area contributed by atoms with Crippen LogP contribution in [0.2, 0.25) is 0 Å². The van der Waals surface area contributed by atoms with E-state index in [1.165, 1.54) is 24.3 Å². The summed E-state index contributed by atoms with van der Waals surface area (Å²) in [4.78, 5) is 35.5. The van der Waals surface area contributed by atoms with Crippen molar-refractivity contribution >= 4 is 17.7 Å². The fourth-order valence-electron chi connectivity index (χ4n) is 2.12. The Hall–Kier alpha value is -3.35. The minimum atomic E-state index is -0.859. The third-order valence-electron chi connectivity index (χ3n) is 3.47. The van der Waals surface area contributed by atoms with E-state index in [4.69, 9.17) is 9.47 Å². The van der Waals surface area contributed by atoms with Gasteiger partial charge in [-0.1, -0.05) is 23.3 Å². The number of carbonyl (C=O) groups excluding carboxylic acids is 3. The molecular weight excluding hydrogens is 340 g/mol. The summed E-state index contributed by atoms with van der Waals surface area (Å²) in [6.07, 6.45) is 0. The van der Waals surface area contributed by atoms with Gasteiger partial charge in [0.1, 0.15) is 22.6 Å². The topological polar surface area (TPSA) is 110 Å². The number of rotatable bonds is 6. The molecule has 0 aromatic heterocycles. The zero-order chi connectivity index (χ0) is 19.3. The van der Waals surface area contributed by atoms with Gasteiger partial charge in [0, 0.05) is 0 Å². The van der Waals surface area contributed by atoms with E-state index in [2.05, 4.69) is 0 Å². The smallest absolute Gasteiger partial charge is 0.342 e. The lowest BCUT2D eigenvalue weighted by molar-refractivity contribution is -0.125. The first-order valence-electron chi connectivity index (χ1n) is 7.73. The number of aryl methyl sites for hydroxylation is 2. The second-order valence-corrected chi connectivity index (χ2v) is 5.73. The van der Waals surface area contributed by atoms with Crippen molar-refractivity contribution in [3.05, 3.63) is 58.7 Å². The number of esters is 2. The Morgan fingerprint density at radius 3 is 1.54 bits per heavy atom. The average molecular weight is 358 g/mol. The van der Waals surface area contributed by atoms with Gasteiger partial charge in [-0.15, -0.1) is 0 Å². The second-order valence-electron chi connectivity index (χ2n) is 5.73. The third-order valence-corrected chi connectivity index (χ3v) is 3.47. The van der Waals surface area contributed by atoms with E-state index in [0.29, 0.717) is 0 Å². The molecule has 7 heteroatoms. The summed E-state index contributed by atoms with van der Waals surface area (Å²) in [6.45, 7) is 2.25. The van der Waals surface area contributed by atoms with Gasteiger partial charge in [0.05, 0.1) is 0 Å². The lowest BCUT2D eigenvalue weighted by atomic mass is 10.1. The number of ketones is 1. The fraction of sp³-hybridized carbons (Fsp3) is 0.211. The van der Waals surface area contributed by atoms with Crippen LogP contribution in [-0.2, 0) is 14.3 Å². The third kappa shape index (κ3) is 4.83. The number of benzene rings is 2. The zero-order valence-corrected chi connectivity index (χ0v) is 14.3. The molecule has 26 heavy (non-hydrogen) atoms. The lowest BCUT2D eigenvalue weighted by Crippen LogP contribution is -2.20. The van der Waals surface area contributed by atoms with Crippen molar-refractivity contribution in [2.45, 2.75) is 13.8 Å². The zero-order valence-electron chi connectivity index (χ0n) is 14.3. The van der Waals surface area contributed by atoms with Gasteiger partial charge in [-0.3, -0.25) is 4.79 Å². The molecule has 0 fully saturated rings. The number of Topliss-reactive ketones (excluding diaryl/α,β-unsaturated/α-hetero) is 1. The number of ether oxygens (including phenoxy) is 2. The molecule has 0 atom stereocenters. The van der Waals surface area contributed by atoms with Crippen molar-refractivity contribution in [1.29, 1.82) is 0 Å². The summed E-state index contributed by atoms with van der Waals surface area (Å²) in [7, 11) is 0. The summed E-state index contributed by atoms with van der Waals surface area (Å²) in [5.74, 6) is -2.88. The van der Waals surface area contributed by atoms with E-state index in [-0.39, 0.29) is 22.6 Å². The highest BCUT2D eigenvalue weighted by atomic mass is 16.6. The molecule has 0 radical (unpaired) electrons. The van der Waals surface area contributed by atoms with Crippen molar-refractivity contribution in [2.75, 3.05) is 13.2 Å². The van der Waals surface area contributed by atoms with Crippen LogP contribution in [0.15, 0.2) is 36.4 Å². The average Bonchev–Trinajstić information content (AvgIpc) is 2.61. The molecule has 0 saturated heterocycles. The molecule has 136 valence electrons. The van der Waals surface area contributed by atoms with Gasteiger partial charge in [0.25, 0.3) is 0 Å². The van der Waals surface area contributed by atoms with Crippen LogP contribution >= 0.6 is 0 Å². The Morgan fingerprint density at radius 2 is 1.15 bits per heavy atom. The molecule has 2 aromatic carbocycles. The number of aromatic hydroxyl groups is 2. The fourth-order valence-corrected chi connectivity index (χ4v) is 2.12. The van der Waals surface area contributed by atoms with Crippen molar-refractivity contribution < 1.29 is 34.1 Å². The SMILES string of the molecule is Cc1ccc(O)c(C(=O)OCC(=O)COC(=O)c2cc(C)ccc2O)c1. The molecule has 2 N–H and O–H groups in total. The molecule has 0 unspecified atom stereocenters. The first-order valence-corrected chi connectivity index (χ1v) is 7.73. The largest absolute Gasteiger partial charge is 0.507 e. The van der Waals surface area contributed by atoms with Crippen LogP contribution in [-0.4, -0.2) is 41.1 Å². The Kier molecular flexibility index (Phi) is 5.95. The van der Waals surface area contributed by atoms with Crippen LogP contribution in [0, 0.1) is 13.8 Å². The van der Waals surface area contributed by atoms with Crippen LogP contribution in [0.25, 0.3) is 0 Å². The first-order chi connectivity index (χ1) is 12.3. The van der Waals surface area contributed by atoms with Gasteiger partial charge in [0.15, 0.2) is 13.2 Å². The summed E-state index contributed by atoms with van der Waals surface area (Å²) in [5.41, 5.74) is 1.37. The normalized spacial score (nSPS) is 10.2. The predicted octanol–water partition coefficient (Wildman–Crippen LogP) is 2.30. The number of carbonyl (C=O) groups is 3. The highest BCUT2D eigenvalue weighted by Gasteiger charge is 2.17. The Balaban J connectivity index is 1.87. The molecular formula is C19H18O7. The Labute approximate surface area is 149 Å². The van der Waals surface area contributed by atoms with Crippen LogP contribution < -0.4 is 0 Å². The lowest BCUT2D eigenvalue weighted by Gasteiger charge is -2.08. The van der Waals surface area contributed by atoms with Crippen LogP contribution in [0.4, 0.5) is 0 Å². The van der Waals surface area contributed by atoms with E-state index in [1.807, 2.05) is 0 Å². The van der Waals surface area contributed by atoms with Gasteiger partial charge in [0.2, 0.25) is 5.78 Å². The predicted molar refractivity (Wildman–Crippen MR) is 91.3 cm³/mol. The van der Waals surface area contributed by atoms with Crippen LogP contribution in [0.5, 0.6) is 11.5 Å². The number of hydrogen-bond donors (Lipinski definition) is 2. The van der Waals surface area contributed by atoms with E-state index in [9.17, 15) is 24.6 Å². The van der Waals surface area contributed by atoms with Gasteiger partial charge in [-0.2, -0.15) is 0 Å². The van der Waals surface area contributed by atoms with Crippen LogP contribution in [0.3, 0.4) is 0 Å². The monoisotopic (exact) mass is 358 g/mol. The maximum absolute atomic E-state index is 11.9. The molecule has 0 spiro atoms. The Bertz CT molecular complexity index is 785. The van der Waals surface area contributed by atoms with Crippen molar-refractivity contribution in [3.63, 3.8) is 0 Å². The van der Waals surface area contributed by atoms with Crippen molar-refractivity contribution in [3.8, 4) is 11.5 Å². The quantitative estimate of drug-likeness (QED) is 0.762. The summed E-state index contributed by atoms with van der Waals surface area (Å²) in [5, 5.41) is 19.3. The number of phenolic OH excluding ortho intramolecular Hbond substituents is 2. The minimum absolute atomic E-state index is 0.0560. The van der Waals surface area contributed by atoms with Gasteiger partial charge in [-0.05, 0) is 38.1 Å². The number of phenols is 2. The summed E-state index contributed by atoms with van der Waals surface area (Å²) in [6, 6.07) is 8.81. The molecule has 2 rings (SSSR count). The second kappa shape index (κ2) is 8.15. The molecule has 0 bridgehead atoms. The minimum Gasteiger partial charge on any atom is -0.507 e. The summed E-state index contributed by atoms with van der Waals surface area (Å²) >= 11 is 0. The van der Waals surface area contributed by atoms with Crippen molar-refractivity contribution in [2.24, 2.45) is 0 Å². The standard InChI is InChI=1S/C19H18O7/c1-11-3-5-16(21)14(7-11)18(23)25-9-13(20)10-26-19(24)15-8-12(2)4-6-17(15)22/h3-8,21-22H,9-10H2,1-2H3. The molecule has 0 saturated carbocycles. The van der Waals surface area contributed by atoms with E-state index in [0.717, 1.165) is 11.1 Å². The van der Waals surface area contributed by atoms with E-state index >= 15 is 0 Å². The molecule has 0 amide bonds. The van der Waals surface area contributed by atoms with Crippen LogP contribution in [0.1, 0.15) is 31.8 Å². The van der Waals surface area contributed by atoms with Crippen molar-refractivity contribution in [1.82, 2.24) is 0 Å². The molecule has 2 aromatic rings. The van der Waals surface area contributed by atoms with E-state index in [1.54, 1.807) is 26.0 Å². The van der Waals surface area contributed by atoms with E-state index < -0.39 is 30.9 Å². The maximum Gasteiger partial charge on any atom is 0.342 e. The van der Waals surface area contributed by atoms with Gasteiger partial charge < -0.3 is 19.7 Å². The molecule has 0 aliphatic carbocycles. The highest BCUT2D eigenvalue weighted by molar-refractivity contribution is 5.96. The molecule has 0 heterocycles. The number of hydrogen-bond acceptors (Lipinski definition) is 7.